The molecule has 2 amide bonds. The van der Waals surface area contributed by atoms with Gasteiger partial charge in [0.05, 0.1) is 5.56 Å². The van der Waals surface area contributed by atoms with E-state index in [9.17, 15) is 27.6 Å². The molecular weight excluding hydrogens is 365 g/mol. The van der Waals surface area contributed by atoms with Crippen molar-refractivity contribution in [3.63, 3.8) is 0 Å². The quantitative estimate of drug-likeness (QED) is 0.746. The number of nitrogens with zero attached hydrogens (tertiary/aromatic N) is 1. The first-order valence-electron chi connectivity index (χ1n) is 7.74. The maximum absolute atomic E-state index is 13.2. The zero-order valence-electron chi connectivity index (χ0n) is 14.0. The first-order chi connectivity index (χ1) is 12.8. The maximum atomic E-state index is 13.2. The zero-order valence-corrected chi connectivity index (χ0v) is 14.0. The lowest BCUT2D eigenvalue weighted by Gasteiger charge is -2.22. The van der Waals surface area contributed by atoms with Crippen molar-refractivity contribution in [2.24, 2.45) is 5.73 Å². The van der Waals surface area contributed by atoms with Crippen LogP contribution in [0.4, 0.5) is 18.9 Å². The molecule has 0 saturated heterocycles. The van der Waals surface area contributed by atoms with E-state index >= 15 is 0 Å². The summed E-state index contributed by atoms with van der Waals surface area (Å²) >= 11 is 0. The first-order valence-corrected chi connectivity index (χ1v) is 7.74. The molecule has 0 unspecified atom stereocenters. The van der Waals surface area contributed by atoms with E-state index < -0.39 is 41.8 Å². The molecule has 2 aromatic carbocycles. The first kappa shape index (κ1) is 20.0. The molecule has 0 aliphatic heterocycles. The summed E-state index contributed by atoms with van der Waals surface area (Å²) < 4.78 is 43.9. The average molecular weight is 380 g/mol. The molecular formula is C18H15F3N2O4. The van der Waals surface area contributed by atoms with Crippen molar-refractivity contribution in [2.45, 2.75) is 6.42 Å². The molecule has 0 spiro atoms. The molecule has 2 N–H and O–H groups in total. The van der Waals surface area contributed by atoms with Gasteiger partial charge in [-0.3, -0.25) is 9.59 Å². The van der Waals surface area contributed by atoms with E-state index in [1.54, 1.807) is 0 Å². The smallest absolute Gasteiger partial charge is 0.338 e. The third-order valence-electron chi connectivity index (χ3n) is 3.50. The van der Waals surface area contributed by atoms with Crippen LogP contribution in [0.15, 0.2) is 42.5 Å². The van der Waals surface area contributed by atoms with Crippen LogP contribution in [0.2, 0.25) is 0 Å². The van der Waals surface area contributed by atoms with Crippen LogP contribution in [0.5, 0.6) is 0 Å². The normalized spacial score (nSPS) is 10.3. The molecule has 0 radical (unpaired) electrons. The summed E-state index contributed by atoms with van der Waals surface area (Å²) in [6.07, 6.45) is -0.166. The second-order valence-electron chi connectivity index (χ2n) is 5.44. The number of hydrogen-bond acceptors (Lipinski definition) is 4. The minimum absolute atomic E-state index is 0.109. The lowest BCUT2D eigenvalue weighted by Crippen LogP contribution is -2.37. The molecule has 0 fully saturated rings. The number of primary amides is 1. The lowest BCUT2D eigenvalue weighted by atomic mass is 10.2. The molecule has 0 aromatic heterocycles. The number of carbonyl (C=O) groups excluding carboxylic acids is 3. The Morgan fingerprint density at radius 2 is 1.63 bits per heavy atom. The van der Waals surface area contributed by atoms with Gasteiger partial charge in [-0.25, -0.2) is 18.0 Å². The van der Waals surface area contributed by atoms with Gasteiger partial charge >= 0.3 is 5.97 Å². The van der Waals surface area contributed by atoms with Crippen LogP contribution in [-0.2, 0) is 14.3 Å². The number of carbonyl (C=O) groups is 3. The maximum Gasteiger partial charge on any atom is 0.338 e. The van der Waals surface area contributed by atoms with Crippen LogP contribution in [-0.4, -0.2) is 30.9 Å². The fourth-order valence-electron chi connectivity index (χ4n) is 2.15. The van der Waals surface area contributed by atoms with Crippen LogP contribution in [0.3, 0.4) is 0 Å². The van der Waals surface area contributed by atoms with E-state index in [0.717, 1.165) is 29.2 Å². The van der Waals surface area contributed by atoms with Gasteiger partial charge in [-0.2, -0.15) is 0 Å². The van der Waals surface area contributed by atoms with Gasteiger partial charge in [-0.1, -0.05) is 0 Å². The van der Waals surface area contributed by atoms with E-state index in [1.807, 2.05) is 0 Å². The van der Waals surface area contributed by atoms with E-state index in [1.165, 1.54) is 12.1 Å². The molecule has 0 aliphatic rings. The van der Waals surface area contributed by atoms with Gasteiger partial charge in [0.2, 0.25) is 5.91 Å². The summed E-state index contributed by atoms with van der Waals surface area (Å²) in [5.74, 6) is -5.28. The van der Waals surface area contributed by atoms with Crippen molar-refractivity contribution in [3.05, 3.63) is 65.5 Å². The van der Waals surface area contributed by atoms with Crippen molar-refractivity contribution in [3.8, 4) is 0 Å². The SMILES string of the molecule is NC(=O)CCN(C(=O)COC(=O)c1ccc(F)c(F)c1)c1ccc(F)cc1. The van der Waals surface area contributed by atoms with Gasteiger partial charge in [0.1, 0.15) is 5.82 Å². The number of halogens is 3. The summed E-state index contributed by atoms with van der Waals surface area (Å²) in [6.45, 7) is -0.837. The summed E-state index contributed by atoms with van der Waals surface area (Å²) in [4.78, 5) is 36.3. The van der Waals surface area contributed by atoms with E-state index in [2.05, 4.69) is 0 Å². The molecule has 0 saturated carbocycles. The fraction of sp³-hybridized carbons (Fsp3) is 0.167. The van der Waals surface area contributed by atoms with Crippen LogP contribution >= 0.6 is 0 Å². The Morgan fingerprint density at radius 3 is 2.22 bits per heavy atom. The second kappa shape index (κ2) is 8.84. The minimum Gasteiger partial charge on any atom is -0.452 e. The fourth-order valence-corrected chi connectivity index (χ4v) is 2.15. The van der Waals surface area contributed by atoms with E-state index in [0.29, 0.717) is 6.07 Å². The van der Waals surface area contributed by atoms with Gasteiger partial charge in [0, 0.05) is 18.7 Å². The molecule has 0 bridgehead atoms. The Morgan fingerprint density at radius 1 is 0.963 bits per heavy atom. The number of esters is 1. The highest BCUT2D eigenvalue weighted by Crippen LogP contribution is 2.16. The van der Waals surface area contributed by atoms with Gasteiger partial charge in [-0.15, -0.1) is 0 Å². The zero-order chi connectivity index (χ0) is 20.0. The summed E-state index contributed by atoms with van der Waals surface area (Å²) in [6, 6.07) is 7.27. The van der Waals surface area contributed by atoms with Gasteiger partial charge < -0.3 is 15.4 Å². The number of amides is 2. The number of hydrogen-bond donors (Lipinski definition) is 1. The highest BCUT2D eigenvalue weighted by Gasteiger charge is 2.19. The highest BCUT2D eigenvalue weighted by atomic mass is 19.2. The number of anilines is 1. The van der Waals surface area contributed by atoms with Crippen LogP contribution in [0.25, 0.3) is 0 Å². The molecule has 2 rings (SSSR count). The van der Waals surface area contributed by atoms with E-state index in [-0.39, 0.29) is 24.2 Å². The third kappa shape index (κ3) is 5.56. The van der Waals surface area contributed by atoms with Gasteiger partial charge in [-0.05, 0) is 42.5 Å². The molecule has 0 atom stereocenters. The largest absolute Gasteiger partial charge is 0.452 e. The summed E-state index contributed by atoms with van der Waals surface area (Å²) in [7, 11) is 0. The predicted molar refractivity (Wildman–Crippen MR) is 89.2 cm³/mol. The number of rotatable bonds is 7. The monoisotopic (exact) mass is 380 g/mol. The molecule has 0 heterocycles. The molecule has 2 aromatic rings. The van der Waals surface area contributed by atoms with Crippen LogP contribution in [0, 0.1) is 17.5 Å². The van der Waals surface area contributed by atoms with Crippen molar-refractivity contribution >= 4 is 23.5 Å². The van der Waals surface area contributed by atoms with Crippen molar-refractivity contribution < 1.29 is 32.3 Å². The molecule has 6 nitrogen and oxygen atoms in total. The minimum atomic E-state index is -1.23. The van der Waals surface area contributed by atoms with Crippen molar-refractivity contribution in [2.75, 3.05) is 18.1 Å². The summed E-state index contributed by atoms with van der Waals surface area (Å²) in [5.41, 5.74) is 5.08. The molecule has 27 heavy (non-hydrogen) atoms. The Kier molecular flexibility index (Phi) is 6.53. The topological polar surface area (TPSA) is 89.7 Å². The lowest BCUT2D eigenvalue weighted by molar-refractivity contribution is -0.121. The van der Waals surface area contributed by atoms with Crippen molar-refractivity contribution in [1.29, 1.82) is 0 Å². The molecule has 9 heteroatoms. The van der Waals surface area contributed by atoms with Crippen LogP contribution < -0.4 is 10.6 Å². The number of benzene rings is 2. The standard InChI is InChI=1S/C18H15F3N2O4/c19-12-2-4-13(5-3-12)23(8-7-16(22)24)17(25)10-27-18(26)11-1-6-14(20)15(21)9-11/h1-6,9H,7-8,10H2,(H2,22,24). The Hall–Kier alpha value is -3.36. The Bertz CT molecular complexity index is 856. The second-order valence-corrected chi connectivity index (χ2v) is 5.44. The molecule has 0 aliphatic carbocycles. The van der Waals surface area contributed by atoms with Gasteiger partial charge in [0.15, 0.2) is 18.2 Å². The predicted octanol–water partition coefficient (Wildman–Crippen LogP) is 2.17. The Balaban J connectivity index is 2.07. The highest BCUT2D eigenvalue weighted by molar-refractivity contribution is 5.97. The average Bonchev–Trinajstić information content (AvgIpc) is 2.63. The van der Waals surface area contributed by atoms with Crippen molar-refractivity contribution in [1.82, 2.24) is 0 Å². The van der Waals surface area contributed by atoms with E-state index in [4.69, 9.17) is 10.5 Å². The number of ether oxygens (including phenoxy) is 1. The summed E-state index contributed by atoms with van der Waals surface area (Å²) in [5, 5.41) is 0. The molecule has 142 valence electrons. The third-order valence-corrected chi connectivity index (χ3v) is 3.50. The number of nitrogens with two attached hydrogens (primary N) is 1. The van der Waals surface area contributed by atoms with Gasteiger partial charge in [0.25, 0.3) is 5.91 Å². The van der Waals surface area contributed by atoms with Crippen LogP contribution in [0.1, 0.15) is 16.8 Å². The Labute approximate surface area is 152 Å².